The van der Waals surface area contributed by atoms with Crippen molar-refractivity contribution < 1.29 is 27.5 Å². The third kappa shape index (κ3) is 6.86. The third-order valence-corrected chi connectivity index (χ3v) is 9.17. The maximum Gasteiger partial charge on any atom is 0.417 e. The number of ketones is 1. The molecule has 1 aliphatic carbocycles. The lowest BCUT2D eigenvalue weighted by Gasteiger charge is -2.27. The second-order valence-corrected chi connectivity index (χ2v) is 12.3. The molecule has 1 amide bonds. The Morgan fingerprint density at radius 2 is 1.84 bits per heavy atom. The van der Waals surface area contributed by atoms with Gasteiger partial charge in [0.25, 0.3) is 0 Å². The van der Waals surface area contributed by atoms with E-state index >= 15 is 0 Å². The van der Waals surface area contributed by atoms with Crippen LogP contribution in [0.1, 0.15) is 52.7 Å². The van der Waals surface area contributed by atoms with Gasteiger partial charge in [0.05, 0.1) is 45.8 Å². The van der Waals surface area contributed by atoms with Gasteiger partial charge in [-0.1, -0.05) is 24.3 Å². The number of hydrogen-bond donors (Lipinski definition) is 2. The molecule has 2 N–H and O–H groups in total. The van der Waals surface area contributed by atoms with Crippen molar-refractivity contribution in [2.24, 2.45) is 14.1 Å². The van der Waals surface area contributed by atoms with Gasteiger partial charge in [0.2, 0.25) is 5.91 Å². The second kappa shape index (κ2) is 13.7. The summed E-state index contributed by atoms with van der Waals surface area (Å²) in [5, 5.41) is 16.4. The minimum Gasteiger partial charge on any atom is -0.381 e. The molecule has 49 heavy (non-hydrogen) atoms. The lowest BCUT2D eigenvalue weighted by Crippen LogP contribution is -2.35. The number of hydrogen-bond acceptors (Lipinski definition) is 6. The Hall–Kier alpha value is -5.25. The maximum absolute atomic E-state index is 14.4. The summed E-state index contributed by atoms with van der Waals surface area (Å²) in [5.41, 5.74) is 1.47. The summed E-state index contributed by atoms with van der Waals surface area (Å²) in [7, 11) is 5.04. The summed E-state index contributed by atoms with van der Waals surface area (Å²) >= 11 is 0. The van der Waals surface area contributed by atoms with Gasteiger partial charge in [-0.3, -0.25) is 9.59 Å². The van der Waals surface area contributed by atoms with E-state index in [4.69, 9.17) is 4.74 Å². The molecule has 2 aromatic heterocycles. The van der Waals surface area contributed by atoms with Gasteiger partial charge in [-0.2, -0.15) is 18.4 Å². The van der Waals surface area contributed by atoms with Crippen molar-refractivity contribution in [2.45, 2.75) is 44.0 Å². The summed E-state index contributed by atoms with van der Waals surface area (Å²) in [6.45, 7) is 0.524. The van der Waals surface area contributed by atoms with Crippen LogP contribution in [0.3, 0.4) is 0 Å². The fraction of sp³-hybridized carbons (Fsp3) is 0.297. The zero-order valence-electron chi connectivity index (χ0n) is 27.3. The maximum atomic E-state index is 14.4. The van der Waals surface area contributed by atoms with E-state index in [0.717, 1.165) is 31.7 Å². The van der Waals surface area contributed by atoms with Crippen LogP contribution >= 0.6 is 0 Å². The minimum absolute atomic E-state index is 0.0459. The van der Waals surface area contributed by atoms with E-state index in [-0.39, 0.29) is 27.9 Å². The highest BCUT2D eigenvalue weighted by atomic mass is 19.4. The van der Waals surface area contributed by atoms with E-state index < -0.39 is 23.4 Å². The molecule has 3 aromatic carbocycles. The van der Waals surface area contributed by atoms with E-state index in [1.54, 1.807) is 56.2 Å². The molecule has 0 spiro atoms. The van der Waals surface area contributed by atoms with Gasteiger partial charge in [0, 0.05) is 68.1 Å². The lowest BCUT2D eigenvalue weighted by atomic mass is 9.93. The fourth-order valence-corrected chi connectivity index (χ4v) is 6.62. The lowest BCUT2D eigenvalue weighted by molar-refractivity contribution is -0.137. The molecular formula is C37H35F3N6O3. The molecule has 5 aromatic rings. The minimum atomic E-state index is -4.64. The van der Waals surface area contributed by atoms with Crippen LogP contribution in [0.15, 0.2) is 73.2 Å². The Morgan fingerprint density at radius 3 is 2.55 bits per heavy atom. The number of rotatable bonds is 9. The first-order valence-corrected chi connectivity index (χ1v) is 15.9. The molecule has 0 atom stereocenters. The zero-order chi connectivity index (χ0) is 34.9. The fourth-order valence-electron chi connectivity index (χ4n) is 6.62. The zero-order valence-corrected chi connectivity index (χ0v) is 27.3. The molecule has 1 aliphatic rings. The number of aryl methyl sites for hydroxylation is 2. The average molecular weight is 669 g/mol. The van der Waals surface area contributed by atoms with E-state index in [1.807, 2.05) is 6.07 Å². The Kier molecular flexibility index (Phi) is 9.41. The van der Waals surface area contributed by atoms with Crippen molar-refractivity contribution >= 4 is 39.3 Å². The normalized spacial score (nSPS) is 16.8. The predicted octanol–water partition coefficient (Wildman–Crippen LogP) is 6.90. The number of para-hydroxylation sites is 1. The molecule has 1 fully saturated rings. The van der Waals surface area contributed by atoms with Crippen LogP contribution in [0.2, 0.25) is 0 Å². The summed E-state index contributed by atoms with van der Waals surface area (Å²) < 4.78 is 51.6. The number of alkyl halides is 3. The molecule has 6 rings (SSSR count). The Labute approximate surface area is 281 Å². The van der Waals surface area contributed by atoms with Crippen molar-refractivity contribution in [3.8, 4) is 17.2 Å². The number of nitriles is 1. The third-order valence-electron chi connectivity index (χ3n) is 9.17. The highest BCUT2D eigenvalue weighted by Gasteiger charge is 2.35. The van der Waals surface area contributed by atoms with Crippen molar-refractivity contribution in [3.05, 3.63) is 95.5 Å². The number of aromatic nitrogens is 3. The van der Waals surface area contributed by atoms with Crippen LogP contribution in [-0.2, 0) is 29.8 Å². The molecule has 252 valence electrons. The van der Waals surface area contributed by atoms with E-state index in [0.29, 0.717) is 46.2 Å². The first-order chi connectivity index (χ1) is 23.5. The molecular weight excluding hydrogens is 633 g/mol. The standard InChI is InChI=1S/C37H35F3N6O3/c1-45-20-29(27-7-4-6-26(35(27)45)28-17-32-33(46(2)21-43-32)18-30(28)37(38,39)40)36(48)22-9-14-31(23(16-22)19-41)44-34(47)8-5-15-42-24-10-12-25(49-3)13-11-24/h4-9,14,16-18,20-21,24-25,42H,10-13,15H2,1-3H3,(H,44,47)/b8-5+/t24-,25-. The van der Waals surface area contributed by atoms with Crippen LogP contribution in [0.5, 0.6) is 0 Å². The van der Waals surface area contributed by atoms with Gasteiger partial charge < -0.3 is 24.5 Å². The number of imidazole rings is 1. The first-order valence-electron chi connectivity index (χ1n) is 15.9. The smallest absolute Gasteiger partial charge is 0.381 e. The van der Waals surface area contributed by atoms with Gasteiger partial charge in [-0.25, -0.2) is 4.98 Å². The monoisotopic (exact) mass is 668 g/mol. The Bertz CT molecular complexity index is 2130. The van der Waals surface area contributed by atoms with Crippen LogP contribution in [-0.4, -0.2) is 51.6 Å². The molecule has 0 saturated heterocycles. The Balaban J connectivity index is 1.23. The number of nitrogens with one attached hydrogen (secondary N) is 2. The molecule has 0 aliphatic heterocycles. The number of methoxy groups -OCH3 is 1. The van der Waals surface area contributed by atoms with E-state index in [9.17, 15) is 28.0 Å². The SMILES string of the molecule is CO[C@H]1CC[C@H](NC/C=C/C(=O)Nc2ccc(C(=O)c3cn(C)c4c(-c5cc6ncn(C)c6cc5C(F)(F)F)cccc34)cc2C#N)CC1. The number of carbonyl (C=O) groups is 2. The van der Waals surface area contributed by atoms with Crippen LogP contribution in [0.4, 0.5) is 18.9 Å². The van der Waals surface area contributed by atoms with Crippen molar-refractivity contribution in [1.29, 1.82) is 5.26 Å². The van der Waals surface area contributed by atoms with Gasteiger partial charge in [0.1, 0.15) is 6.07 Å². The summed E-state index contributed by atoms with van der Waals surface area (Å²) in [6.07, 6.45) is 5.86. The number of ether oxygens (including phenoxy) is 1. The van der Waals surface area contributed by atoms with Crippen molar-refractivity contribution in [3.63, 3.8) is 0 Å². The number of halogens is 3. The second-order valence-electron chi connectivity index (χ2n) is 12.3. The molecule has 0 unspecified atom stereocenters. The number of amides is 1. The van der Waals surface area contributed by atoms with Gasteiger partial charge >= 0.3 is 6.18 Å². The summed E-state index contributed by atoms with van der Waals surface area (Å²) in [4.78, 5) is 30.7. The Morgan fingerprint density at radius 1 is 1.06 bits per heavy atom. The molecule has 1 saturated carbocycles. The average Bonchev–Trinajstić information content (AvgIpc) is 3.64. The highest BCUT2D eigenvalue weighted by Crippen LogP contribution is 2.42. The highest BCUT2D eigenvalue weighted by molar-refractivity contribution is 6.18. The molecule has 12 heteroatoms. The topological polar surface area (TPSA) is 114 Å². The molecule has 0 radical (unpaired) electrons. The number of nitrogens with zero attached hydrogens (tertiary/aromatic N) is 4. The van der Waals surface area contributed by atoms with E-state index in [1.165, 1.54) is 41.2 Å². The number of carbonyl (C=O) groups excluding carboxylic acids is 2. The first kappa shape index (κ1) is 33.6. The van der Waals surface area contributed by atoms with Crippen LogP contribution in [0, 0.1) is 11.3 Å². The number of anilines is 1. The molecule has 9 nitrogen and oxygen atoms in total. The van der Waals surface area contributed by atoms with E-state index in [2.05, 4.69) is 15.6 Å². The van der Waals surface area contributed by atoms with Gasteiger partial charge in [-0.15, -0.1) is 0 Å². The molecule has 2 heterocycles. The largest absolute Gasteiger partial charge is 0.417 e. The summed E-state index contributed by atoms with van der Waals surface area (Å²) in [5.74, 6) is -0.831. The predicted molar refractivity (Wildman–Crippen MR) is 181 cm³/mol. The van der Waals surface area contributed by atoms with Crippen LogP contribution in [0.25, 0.3) is 33.1 Å². The van der Waals surface area contributed by atoms with Gasteiger partial charge in [0.15, 0.2) is 5.78 Å². The summed E-state index contributed by atoms with van der Waals surface area (Å²) in [6, 6.07) is 14.2. The quantitative estimate of drug-likeness (QED) is 0.131. The number of benzene rings is 3. The molecule has 0 bridgehead atoms. The van der Waals surface area contributed by atoms with Crippen LogP contribution < -0.4 is 10.6 Å². The van der Waals surface area contributed by atoms with Crippen molar-refractivity contribution in [2.75, 3.05) is 19.0 Å². The van der Waals surface area contributed by atoms with Crippen molar-refractivity contribution in [1.82, 2.24) is 19.4 Å². The number of fused-ring (bicyclic) bond motifs is 2. The van der Waals surface area contributed by atoms with Gasteiger partial charge in [-0.05, 0) is 61.6 Å².